The molecule has 13 heteroatoms. The van der Waals surface area contributed by atoms with E-state index in [0.29, 0.717) is 23.8 Å². The van der Waals surface area contributed by atoms with Crippen LogP contribution in [0.4, 0.5) is 36.4 Å². The SMILES string of the molecule is CCOC(=O)c1cc(NC(=O)C(F)(F)F)cc(C2=C(c3cc(C(F)(F)F)cnc3OCc3ccccc3F)CCC2)c1. The Hall–Kier alpha value is -4.42. The molecule has 4 rings (SSSR count). The van der Waals surface area contributed by atoms with Crippen molar-refractivity contribution in [1.82, 2.24) is 4.98 Å². The molecular formula is C29H23F7N2O4. The number of alkyl halides is 6. The first kappa shape index (κ1) is 30.5. The van der Waals surface area contributed by atoms with Gasteiger partial charge in [-0.1, -0.05) is 18.2 Å². The monoisotopic (exact) mass is 596 g/mol. The van der Waals surface area contributed by atoms with Gasteiger partial charge in [-0.2, -0.15) is 26.3 Å². The van der Waals surface area contributed by atoms with E-state index in [2.05, 4.69) is 4.98 Å². The third-order valence-electron chi connectivity index (χ3n) is 6.35. The summed E-state index contributed by atoms with van der Waals surface area (Å²) in [6.45, 7) is 1.14. The zero-order valence-corrected chi connectivity index (χ0v) is 22.0. The van der Waals surface area contributed by atoms with Gasteiger partial charge >= 0.3 is 24.2 Å². The van der Waals surface area contributed by atoms with E-state index >= 15 is 0 Å². The second-order valence-corrected chi connectivity index (χ2v) is 9.24. The van der Waals surface area contributed by atoms with Crippen molar-refractivity contribution >= 4 is 28.7 Å². The number of rotatable bonds is 8. The third kappa shape index (κ3) is 7.07. The average molecular weight is 596 g/mol. The fourth-order valence-corrected chi connectivity index (χ4v) is 4.47. The molecule has 2 aromatic carbocycles. The van der Waals surface area contributed by atoms with Gasteiger partial charge in [-0.3, -0.25) is 4.79 Å². The maximum absolute atomic E-state index is 14.2. The first-order chi connectivity index (χ1) is 19.8. The fraction of sp³-hybridized carbons (Fsp3) is 0.276. The van der Waals surface area contributed by atoms with E-state index in [4.69, 9.17) is 9.47 Å². The Bertz CT molecular complexity index is 1530. The molecule has 0 radical (unpaired) electrons. The van der Waals surface area contributed by atoms with E-state index in [1.165, 1.54) is 37.3 Å². The number of amides is 1. The Kier molecular flexibility index (Phi) is 8.88. The lowest BCUT2D eigenvalue weighted by Gasteiger charge is -2.17. The lowest BCUT2D eigenvalue weighted by atomic mass is 9.95. The highest BCUT2D eigenvalue weighted by Gasteiger charge is 2.39. The van der Waals surface area contributed by atoms with Crippen LogP contribution in [-0.2, 0) is 22.3 Å². The second-order valence-electron chi connectivity index (χ2n) is 9.24. The molecule has 0 saturated carbocycles. The molecule has 1 heterocycles. The summed E-state index contributed by atoms with van der Waals surface area (Å²) in [5.41, 5.74) is -0.602. The van der Waals surface area contributed by atoms with Crippen molar-refractivity contribution in [3.8, 4) is 5.88 Å². The molecule has 1 aromatic heterocycles. The molecule has 222 valence electrons. The van der Waals surface area contributed by atoms with Gasteiger partial charge in [-0.25, -0.2) is 14.2 Å². The molecule has 0 aliphatic heterocycles. The standard InChI is InChI=1S/C29H23F7N2O4/c1-2-41-26(39)18-10-17(11-20(12-18)38-27(40)29(34,35)36)21-7-5-8-22(21)23-13-19(28(31,32)33)14-37-25(23)42-15-16-6-3-4-9-24(16)30/h3-4,6,9-14H,2,5,7-8,15H2,1H3,(H,38,40). The van der Waals surface area contributed by atoms with Crippen molar-refractivity contribution in [2.45, 2.75) is 45.1 Å². The zero-order valence-electron chi connectivity index (χ0n) is 22.0. The van der Waals surface area contributed by atoms with Crippen LogP contribution in [0.5, 0.6) is 5.88 Å². The van der Waals surface area contributed by atoms with Gasteiger partial charge in [0.1, 0.15) is 12.4 Å². The highest BCUT2D eigenvalue weighted by molar-refractivity contribution is 6.00. The smallest absolute Gasteiger partial charge is 0.471 e. The van der Waals surface area contributed by atoms with E-state index in [1.54, 1.807) is 11.4 Å². The normalized spacial score (nSPS) is 13.7. The molecule has 0 fully saturated rings. The maximum atomic E-state index is 14.2. The summed E-state index contributed by atoms with van der Waals surface area (Å²) < 4.78 is 105. The quantitative estimate of drug-likeness (QED) is 0.214. The fourth-order valence-electron chi connectivity index (χ4n) is 4.47. The number of benzene rings is 2. The number of halogens is 7. The molecule has 42 heavy (non-hydrogen) atoms. The Morgan fingerprint density at radius 1 is 0.976 bits per heavy atom. The number of hydrogen-bond donors (Lipinski definition) is 1. The number of aromatic nitrogens is 1. The van der Waals surface area contributed by atoms with Gasteiger partial charge in [-0.05, 0) is 73.2 Å². The van der Waals surface area contributed by atoms with Gasteiger partial charge in [0.2, 0.25) is 5.88 Å². The summed E-state index contributed by atoms with van der Waals surface area (Å²) in [4.78, 5) is 28.0. The summed E-state index contributed by atoms with van der Waals surface area (Å²) in [5.74, 6) is -3.96. The number of allylic oxidation sites excluding steroid dienone is 2. The second kappa shape index (κ2) is 12.2. The molecule has 0 saturated heterocycles. The number of esters is 1. The van der Waals surface area contributed by atoms with Crippen LogP contribution in [-0.4, -0.2) is 29.6 Å². The summed E-state index contributed by atoms with van der Waals surface area (Å²) in [5, 5.41) is 1.71. The molecule has 1 amide bonds. The number of anilines is 1. The number of nitrogens with zero attached hydrogens (tertiary/aromatic N) is 1. The highest BCUT2D eigenvalue weighted by Crippen LogP contribution is 2.44. The molecule has 0 atom stereocenters. The Morgan fingerprint density at radius 3 is 2.36 bits per heavy atom. The lowest BCUT2D eigenvalue weighted by Crippen LogP contribution is -2.30. The minimum atomic E-state index is -5.22. The number of ether oxygens (including phenoxy) is 2. The largest absolute Gasteiger partial charge is 0.472 e. The minimum Gasteiger partial charge on any atom is -0.472 e. The van der Waals surface area contributed by atoms with Gasteiger partial charge < -0.3 is 14.8 Å². The Labute approximate surface area is 235 Å². The lowest BCUT2D eigenvalue weighted by molar-refractivity contribution is -0.167. The van der Waals surface area contributed by atoms with Crippen LogP contribution in [0.2, 0.25) is 0 Å². The molecule has 1 aliphatic carbocycles. The molecule has 6 nitrogen and oxygen atoms in total. The predicted octanol–water partition coefficient (Wildman–Crippen LogP) is 7.59. The van der Waals surface area contributed by atoms with E-state index in [0.717, 1.165) is 12.1 Å². The van der Waals surface area contributed by atoms with Crippen LogP contribution >= 0.6 is 0 Å². The number of hydrogen-bond acceptors (Lipinski definition) is 5. The van der Waals surface area contributed by atoms with E-state index in [-0.39, 0.29) is 59.9 Å². The Balaban J connectivity index is 1.84. The maximum Gasteiger partial charge on any atom is 0.471 e. The van der Waals surface area contributed by atoms with Crippen LogP contribution in [0.15, 0.2) is 54.7 Å². The van der Waals surface area contributed by atoms with E-state index in [1.807, 2.05) is 0 Å². The molecular weight excluding hydrogens is 573 g/mol. The van der Waals surface area contributed by atoms with Crippen LogP contribution in [0.3, 0.4) is 0 Å². The van der Waals surface area contributed by atoms with Gasteiger partial charge in [0.15, 0.2) is 0 Å². The van der Waals surface area contributed by atoms with Gasteiger partial charge in [-0.15, -0.1) is 0 Å². The van der Waals surface area contributed by atoms with Crippen LogP contribution in [0.1, 0.15) is 58.8 Å². The molecule has 0 unspecified atom stereocenters. The van der Waals surface area contributed by atoms with Crippen LogP contribution in [0, 0.1) is 5.82 Å². The molecule has 0 bridgehead atoms. The van der Waals surface area contributed by atoms with Gasteiger partial charge in [0, 0.05) is 23.0 Å². The average Bonchev–Trinajstić information content (AvgIpc) is 3.41. The number of carbonyl (C=O) groups is 2. The van der Waals surface area contributed by atoms with E-state index in [9.17, 15) is 40.3 Å². The van der Waals surface area contributed by atoms with Gasteiger partial charge in [0.05, 0.1) is 17.7 Å². The summed E-state index contributed by atoms with van der Waals surface area (Å²) in [7, 11) is 0. The predicted molar refractivity (Wildman–Crippen MR) is 138 cm³/mol. The summed E-state index contributed by atoms with van der Waals surface area (Å²) >= 11 is 0. The molecule has 1 aliphatic rings. The number of carbonyl (C=O) groups excluding carboxylic acids is 2. The first-order valence-corrected chi connectivity index (χ1v) is 12.6. The zero-order chi connectivity index (χ0) is 30.7. The topological polar surface area (TPSA) is 77.5 Å². The van der Waals surface area contributed by atoms with Crippen molar-refractivity contribution < 1.29 is 49.8 Å². The number of pyridine rings is 1. The molecule has 0 spiro atoms. The third-order valence-corrected chi connectivity index (χ3v) is 6.35. The molecule has 1 N–H and O–H groups in total. The van der Waals surface area contributed by atoms with E-state index < -0.39 is 35.6 Å². The Morgan fingerprint density at radius 2 is 1.69 bits per heavy atom. The number of nitrogens with one attached hydrogen (secondary N) is 1. The van der Waals surface area contributed by atoms with Crippen molar-refractivity contribution in [3.63, 3.8) is 0 Å². The van der Waals surface area contributed by atoms with Crippen LogP contribution in [0.25, 0.3) is 11.1 Å². The van der Waals surface area contributed by atoms with Crippen molar-refractivity contribution in [3.05, 3.63) is 88.4 Å². The summed E-state index contributed by atoms with van der Waals surface area (Å²) in [6.07, 6.45) is -8.43. The van der Waals surface area contributed by atoms with Crippen molar-refractivity contribution in [2.75, 3.05) is 11.9 Å². The molecule has 3 aromatic rings. The first-order valence-electron chi connectivity index (χ1n) is 12.6. The van der Waals surface area contributed by atoms with Gasteiger partial charge in [0.25, 0.3) is 0 Å². The highest BCUT2D eigenvalue weighted by atomic mass is 19.4. The van der Waals surface area contributed by atoms with Crippen molar-refractivity contribution in [2.24, 2.45) is 0 Å². The van der Waals surface area contributed by atoms with Crippen LogP contribution < -0.4 is 10.1 Å². The van der Waals surface area contributed by atoms with Crippen molar-refractivity contribution in [1.29, 1.82) is 0 Å². The summed E-state index contributed by atoms with van der Waals surface area (Å²) in [6, 6.07) is 10.0. The minimum absolute atomic E-state index is 0.0418.